The maximum atomic E-state index is 3.54. The van der Waals surface area contributed by atoms with Gasteiger partial charge >= 0.3 is 0 Å². The summed E-state index contributed by atoms with van der Waals surface area (Å²) in [6.07, 6.45) is 11.2. The van der Waals surface area contributed by atoms with Gasteiger partial charge in [0, 0.05) is 6.04 Å². The summed E-state index contributed by atoms with van der Waals surface area (Å²) in [6.45, 7) is 3.42. The first kappa shape index (κ1) is 8.79. The molecule has 1 nitrogen and oxygen atoms in total. The topological polar surface area (TPSA) is 12.0 Å². The second kappa shape index (κ2) is 5.36. The summed E-state index contributed by atoms with van der Waals surface area (Å²) in [5.74, 6) is 0. The molecule has 64 valence electrons. The molecule has 0 radical (unpaired) electrons. The van der Waals surface area contributed by atoms with Gasteiger partial charge in [0.1, 0.15) is 0 Å². The van der Waals surface area contributed by atoms with E-state index in [1.54, 1.807) is 0 Å². The molecule has 1 rings (SSSR count). The van der Waals surface area contributed by atoms with E-state index in [1.807, 2.05) is 0 Å². The third-order valence-corrected chi connectivity index (χ3v) is 2.19. The van der Waals surface area contributed by atoms with Crippen LogP contribution in [-0.4, -0.2) is 12.6 Å². The minimum absolute atomic E-state index is 0.676. The molecule has 1 heteroatoms. The third-order valence-electron chi connectivity index (χ3n) is 2.19. The molecule has 0 aromatic carbocycles. The van der Waals surface area contributed by atoms with Gasteiger partial charge < -0.3 is 5.32 Å². The van der Waals surface area contributed by atoms with E-state index in [-0.39, 0.29) is 0 Å². The first-order valence-electron chi connectivity index (χ1n) is 4.83. The highest BCUT2D eigenvalue weighted by molar-refractivity contribution is 4.97. The molecule has 1 aliphatic carbocycles. The van der Waals surface area contributed by atoms with Crippen LogP contribution >= 0.6 is 0 Å². The van der Waals surface area contributed by atoms with Gasteiger partial charge in [-0.2, -0.15) is 0 Å². The van der Waals surface area contributed by atoms with Crippen LogP contribution in [0.15, 0.2) is 12.2 Å². The SMILES string of the molecule is CCCCNC1C=CCCC1. The lowest BCUT2D eigenvalue weighted by molar-refractivity contribution is 0.513. The molecule has 0 fully saturated rings. The van der Waals surface area contributed by atoms with Crippen LogP contribution in [0.5, 0.6) is 0 Å². The molecule has 1 unspecified atom stereocenters. The number of hydrogen-bond donors (Lipinski definition) is 1. The van der Waals surface area contributed by atoms with Crippen molar-refractivity contribution in [3.05, 3.63) is 12.2 Å². The van der Waals surface area contributed by atoms with Crippen molar-refractivity contribution >= 4 is 0 Å². The monoisotopic (exact) mass is 153 g/mol. The maximum absolute atomic E-state index is 3.54. The molecule has 0 bridgehead atoms. The fourth-order valence-electron chi connectivity index (χ4n) is 1.45. The van der Waals surface area contributed by atoms with E-state index in [0.717, 1.165) is 0 Å². The molecule has 1 atom stereocenters. The van der Waals surface area contributed by atoms with Gasteiger partial charge in [-0.25, -0.2) is 0 Å². The van der Waals surface area contributed by atoms with Crippen LogP contribution in [0.1, 0.15) is 39.0 Å². The van der Waals surface area contributed by atoms with Crippen LogP contribution in [0.4, 0.5) is 0 Å². The average Bonchev–Trinajstić information content (AvgIpc) is 2.07. The Morgan fingerprint density at radius 1 is 1.55 bits per heavy atom. The largest absolute Gasteiger partial charge is 0.311 e. The zero-order valence-electron chi connectivity index (χ0n) is 7.47. The number of hydrogen-bond acceptors (Lipinski definition) is 1. The minimum Gasteiger partial charge on any atom is -0.311 e. The fourth-order valence-corrected chi connectivity index (χ4v) is 1.45. The van der Waals surface area contributed by atoms with Gasteiger partial charge in [-0.3, -0.25) is 0 Å². The molecule has 0 saturated carbocycles. The van der Waals surface area contributed by atoms with E-state index in [0.29, 0.717) is 6.04 Å². The standard InChI is InChI=1S/C10H19N/c1-2-3-9-11-10-7-5-4-6-8-10/h5,7,10-11H,2-4,6,8-9H2,1H3. The van der Waals surface area contributed by atoms with Crippen LogP contribution in [0.25, 0.3) is 0 Å². The van der Waals surface area contributed by atoms with Crippen LogP contribution in [0, 0.1) is 0 Å². The Bertz CT molecular complexity index is 118. The van der Waals surface area contributed by atoms with Crippen molar-refractivity contribution < 1.29 is 0 Å². The predicted molar refractivity (Wildman–Crippen MR) is 49.7 cm³/mol. The zero-order valence-corrected chi connectivity index (χ0v) is 7.47. The average molecular weight is 153 g/mol. The summed E-state index contributed by atoms with van der Waals surface area (Å²) in [5.41, 5.74) is 0. The normalized spacial score (nSPS) is 23.9. The van der Waals surface area contributed by atoms with Gasteiger partial charge in [0.05, 0.1) is 0 Å². The summed E-state index contributed by atoms with van der Waals surface area (Å²) in [5, 5.41) is 3.54. The molecule has 1 aliphatic rings. The molecule has 0 aromatic heterocycles. The minimum atomic E-state index is 0.676. The lowest BCUT2D eigenvalue weighted by Gasteiger charge is -2.17. The molecule has 1 N–H and O–H groups in total. The zero-order chi connectivity index (χ0) is 7.94. The number of allylic oxidation sites excluding steroid dienone is 1. The second-order valence-corrected chi connectivity index (χ2v) is 3.27. The van der Waals surface area contributed by atoms with Crippen LogP contribution in [0.3, 0.4) is 0 Å². The first-order chi connectivity index (χ1) is 5.43. The molecular weight excluding hydrogens is 134 g/mol. The third kappa shape index (κ3) is 3.57. The highest BCUT2D eigenvalue weighted by Crippen LogP contribution is 2.09. The Hall–Kier alpha value is -0.300. The quantitative estimate of drug-likeness (QED) is 0.483. The maximum Gasteiger partial charge on any atom is 0.0250 e. The van der Waals surface area contributed by atoms with Crippen LogP contribution < -0.4 is 5.32 Å². The Morgan fingerprint density at radius 2 is 2.45 bits per heavy atom. The van der Waals surface area contributed by atoms with Gasteiger partial charge in [0.2, 0.25) is 0 Å². The summed E-state index contributed by atoms with van der Waals surface area (Å²) >= 11 is 0. The van der Waals surface area contributed by atoms with Gasteiger partial charge in [0.15, 0.2) is 0 Å². The number of nitrogens with one attached hydrogen (secondary N) is 1. The Balaban J connectivity index is 2.05. The molecule has 11 heavy (non-hydrogen) atoms. The van der Waals surface area contributed by atoms with Crippen molar-refractivity contribution in [2.24, 2.45) is 0 Å². The lowest BCUT2D eigenvalue weighted by atomic mass is 10.0. The first-order valence-corrected chi connectivity index (χ1v) is 4.83. The highest BCUT2D eigenvalue weighted by Gasteiger charge is 2.05. The molecule has 0 amide bonds. The van der Waals surface area contributed by atoms with Crippen molar-refractivity contribution in [1.29, 1.82) is 0 Å². The molecule has 0 aromatic rings. The van der Waals surface area contributed by atoms with E-state index >= 15 is 0 Å². The van der Waals surface area contributed by atoms with Crippen LogP contribution in [0.2, 0.25) is 0 Å². The van der Waals surface area contributed by atoms with E-state index in [1.165, 1.54) is 38.6 Å². The molecule has 0 spiro atoms. The number of unbranched alkanes of at least 4 members (excludes halogenated alkanes) is 1. The van der Waals surface area contributed by atoms with Crippen LogP contribution in [-0.2, 0) is 0 Å². The summed E-state index contributed by atoms with van der Waals surface area (Å²) < 4.78 is 0. The Kier molecular flexibility index (Phi) is 4.29. The van der Waals surface area contributed by atoms with Crippen molar-refractivity contribution in [3.63, 3.8) is 0 Å². The molecule has 0 saturated heterocycles. The molecule has 0 aliphatic heterocycles. The predicted octanol–water partition coefficient (Wildman–Crippen LogP) is 2.48. The van der Waals surface area contributed by atoms with E-state index in [4.69, 9.17) is 0 Å². The Labute approximate surface area is 69.9 Å². The lowest BCUT2D eigenvalue weighted by Crippen LogP contribution is -2.29. The second-order valence-electron chi connectivity index (χ2n) is 3.27. The van der Waals surface area contributed by atoms with E-state index in [2.05, 4.69) is 24.4 Å². The summed E-state index contributed by atoms with van der Waals surface area (Å²) in [7, 11) is 0. The van der Waals surface area contributed by atoms with Gasteiger partial charge in [-0.05, 0) is 32.2 Å². The fraction of sp³-hybridized carbons (Fsp3) is 0.800. The summed E-state index contributed by atoms with van der Waals surface area (Å²) in [6, 6.07) is 0.676. The van der Waals surface area contributed by atoms with E-state index < -0.39 is 0 Å². The van der Waals surface area contributed by atoms with Crippen molar-refractivity contribution in [2.45, 2.75) is 45.1 Å². The Morgan fingerprint density at radius 3 is 3.09 bits per heavy atom. The highest BCUT2D eigenvalue weighted by atomic mass is 14.9. The number of rotatable bonds is 4. The van der Waals surface area contributed by atoms with Gasteiger partial charge in [-0.15, -0.1) is 0 Å². The van der Waals surface area contributed by atoms with Crippen molar-refractivity contribution in [2.75, 3.05) is 6.54 Å². The van der Waals surface area contributed by atoms with Gasteiger partial charge in [0.25, 0.3) is 0 Å². The van der Waals surface area contributed by atoms with Crippen molar-refractivity contribution in [3.8, 4) is 0 Å². The van der Waals surface area contributed by atoms with Gasteiger partial charge in [-0.1, -0.05) is 25.5 Å². The molecular formula is C10H19N. The molecule has 0 heterocycles. The van der Waals surface area contributed by atoms with Crippen molar-refractivity contribution in [1.82, 2.24) is 5.32 Å². The smallest absolute Gasteiger partial charge is 0.0250 e. The van der Waals surface area contributed by atoms with E-state index in [9.17, 15) is 0 Å². The summed E-state index contributed by atoms with van der Waals surface area (Å²) in [4.78, 5) is 0.